The number of carbonyl (C=O) groups is 1. The van der Waals surface area contributed by atoms with Gasteiger partial charge in [-0.1, -0.05) is 12.1 Å². The summed E-state index contributed by atoms with van der Waals surface area (Å²) in [7, 11) is 0. The van der Waals surface area contributed by atoms with Crippen LogP contribution < -0.4 is 4.74 Å². The average Bonchev–Trinajstić information content (AvgIpc) is 2.18. The lowest BCUT2D eigenvalue weighted by Crippen LogP contribution is -2.22. The van der Waals surface area contributed by atoms with Crippen molar-refractivity contribution in [3.8, 4) is 5.75 Å². The fourth-order valence-electron chi connectivity index (χ4n) is 1.14. The number of hydrogen-bond donors (Lipinski definition) is 2. The molecule has 1 rings (SSSR count). The van der Waals surface area contributed by atoms with Gasteiger partial charge in [-0.2, -0.15) is 0 Å². The fourth-order valence-corrected chi connectivity index (χ4v) is 1.14. The number of rotatable bonds is 4. The van der Waals surface area contributed by atoms with Crippen molar-refractivity contribution in [2.75, 3.05) is 0 Å². The molecule has 1 aromatic rings. The van der Waals surface area contributed by atoms with E-state index in [9.17, 15) is 18.0 Å². The van der Waals surface area contributed by atoms with Crippen LogP contribution in [0.15, 0.2) is 24.3 Å². The quantitative estimate of drug-likeness (QED) is 0.851. The number of benzene rings is 1. The Morgan fingerprint density at radius 2 is 1.82 bits per heavy atom. The summed E-state index contributed by atoms with van der Waals surface area (Å²) in [6.45, 7) is 0. The summed E-state index contributed by atoms with van der Waals surface area (Å²) >= 11 is 0. The lowest BCUT2D eigenvalue weighted by atomic mass is 10.1. The minimum absolute atomic E-state index is 0.179. The number of aliphatic hydroxyl groups is 1. The highest BCUT2D eigenvalue weighted by atomic mass is 19.4. The Morgan fingerprint density at radius 3 is 2.24 bits per heavy atom. The minimum Gasteiger partial charge on any atom is -0.479 e. The van der Waals surface area contributed by atoms with Gasteiger partial charge in [0.15, 0.2) is 6.10 Å². The number of aliphatic carboxylic acids is 1. The van der Waals surface area contributed by atoms with Crippen molar-refractivity contribution in [1.82, 2.24) is 0 Å². The van der Waals surface area contributed by atoms with E-state index >= 15 is 0 Å². The fraction of sp³-hybridized carbons (Fsp3) is 0.300. The first-order chi connectivity index (χ1) is 7.78. The van der Waals surface area contributed by atoms with E-state index < -0.39 is 24.2 Å². The van der Waals surface area contributed by atoms with E-state index in [0.717, 1.165) is 12.1 Å². The highest BCUT2D eigenvalue weighted by Gasteiger charge is 2.30. The molecule has 0 aromatic heterocycles. The first-order valence-corrected chi connectivity index (χ1v) is 4.53. The van der Waals surface area contributed by atoms with Gasteiger partial charge in [0.05, 0.1) is 0 Å². The number of hydrogen-bond acceptors (Lipinski definition) is 3. The van der Waals surface area contributed by atoms with Gasteiger partial charge in [0.1, 0.15) is 5.75 Å². The first-order valence-electron chi connectivity index (χ1n) is 4.53. The van der Waals surface area contributed by atoms with Crippen molar-refractivity contribution in [3.63, 3.8) is 0 Å². The zero-order chi connectivity index (χ0) is 13.1. The number of carboxylic acid groups (broad SMARTS) is 1. The molecule has 7 heteroatoms. The number of aliphatic hydroxyl groups excluding tert-OH is 1. The van der Waals surface area contributed by atoms with Gasteiger partial charge < -0.3 is 14.9 Å². The highest BCUT2D eigenvalue weighted by molar-refractivity contribution is 5.72. The molecule has 0 aliphatic rings. The van der Waals surface area contributed by atoms with Gasteiger partial charge in [0.2, 0.25) is 0 Å². The number of halogens is 3. The average molecular weight is 250 g/mol. The topological polar surface area (TPSA) is 66.8 Å². The molecule has 94 valence electrons. The second-order valence-corrected chi connectivity index (χ2v) is 3.25. The van der Waals surface area contributed by atoms with Crippen molar-refractivity contribution >= 4 is 5.97 Å². The Labute approximate surface area is 94.3 Å². The second-order valence-electron chi connectivity index (χ2n) is 3.25. The van der Waals surface area contributed by atoms with Crippen molar-refractivity contribution in [3.05, 3.63) is 29.8 Å². The van der Waals surface area contributed by atoms with E-state index in [2.05, 4.69) is 4.74 Å². The molecule has 0 bridgehead atoms. The Bertz CT molecular complexity index is 386. The van der Waals surface area contributed by atoms with Crippen molar-refractivity contribution in [1.29, 1.82) is 0 Å². The Kier molecular flexibility index (Phi) is 3.95. The highest BCUT2D eigenvalue weighted by Crippen LogP contribution is 2.22. The maximum absolute atomic E-state index is 11.8. The molecule has 1 atom stereocenters. The maximum Gasteiger partial charge on any atom is 0.573 e. The van der Waals surface area contributed by atoms with Gasteiger partial charge in [-0.05, 0) is 17.7 Å². The lowest BCUT2D eigenvalue weighted by molar-refractivity contribution is -0.274. The van der Waals surface area contributed by atoms with E-state index in [-0.39, 0.29) is 6.42 Å². The van der Waals surface area contributed by atoms with Gasteiger partial charge >= 0.3 is 12.3 Å². The molecule has 0 spiro atoms. The third-order valence-electron chi connectivity index (χ3n) is 1.87. The summed E-state index contributed by atoms with van der Waals surface area (Å²) in [6, 6.07) is 4.62. The van der Waals surface area contributed by atoms with Gasteiger partial charge in [-0.15, -0.1) is 13.2 Å². The van der Waals surface area contributed by atoms with E-state index in [1.165, 1.54) is 12.1 Å². The van der Waals surface area contributed by atoms with E-state index in [4.69, 9.17) is 10.2 Å². The standard InChI is InChI=1S/C10H9F3O4/c11-10(12,13)17-7-3-1-6(2-4-7)5-8(14)9(15)16/h1-4,8,14H,5H2,(H,15,16)/t8-/m1/s1. The molecular formula is C10H9F3O4. The molecular weight excluding hydrogens is 241 g/mol. The van der Waals surface area contributed by atoms with Crippen LogP contribution in [-0.2, 0) is 11.2 Å². The van der Waals surface area contributed by atoms with Crippen molar-refractivity contribution < 1.29 is 32.9 Å². The zero-order valence-electron chi connectivity index (χ0n) is 8.44. The molecule has 0 aliphatic carbocycles. The van der Waals surface area contributed by atoms with E-state index in [1.807, 2.05) is 0 Å². The van der Waals surface area contributed by atoms with Crippen LogP contribution in [0.3, 0.4) is 0 Å². The summed E-state index contributed by atoms with van der Waals surface area (Å²) in [5, 5.41) is 17.5. The SMILES string of the molecule is O=C(O)[C@H](O)Cc1ccc(OC(F)(F)F)cc1. The van der Waals surface area contributed by atoms with Crippen LogP contribution in [0, 0.1) is 0 Å². The number of carboxylic acids is 1. The normalized spacial score (nSPS) is 13.2. The lowest BCUT2D eigenvalue weighted by Gasteiger charge is -2.10. The minimum atomic E-state index is -4.76. The molecule has 0 unspecified atom stereocenters. The Balaban J connectivity index is 2.65. The monoisotopic (exact) mass is 250 g/mol. The summed E-state index contributed by atoms with van der Waals surface area (Å²) in [4.78, 5) is 10.3. The predicted molar refractivity (Wildman–Crippen MR) is 50.5 cm³/mol. The molecule has 0 saturated heterocycles. The molecule has 1 aromatic carbocycles. The number of alkyl halides is 3. The number of ether oxygens (including phenoxy) is 1. The summed E-state index contributed by atoms with van der Waals surface area (Å²) < 4.78 is 39.1. The molecule has 2 N–H and O–H groups in total. The smallest absolute Gasteiger partial charge is 0.479 e. The maximum atomic E-state index is 11.8. The van der Waals surface area contributed by atoms with E-state index in [1.54, 1.807) is 0 Å². The van der Waals surface area contributed by atoms with Gasteiger partial charge in [-0.3, -0.25) is 0 Å². The summed E-state index contributed by atoms with van der Waals surface area (Å²) in [5.41, 5.74) is 0.398. The third kappa shape index (κ3) is 4.73. The largest absolute Gasteiger partial charge is 0.573 e. The van der Waals surface area contributed by atoms with Crippen LogP contribution in [0.25, 0.3) is 0 Å². The Hall–Kier alpha value is -1.76. The van der Waals surface area contributed by atoms with Crippen LogP contribution in [0.1, 0.15) is 5.56 Å². The summed E-state index contributed by atoms with van der Waals surface area (Å²) in [6.07, 6.45) is -6.52. The van der Waals surface area contributed by atoms with Crippen molar-refractivity contribution in [2.24, 2.45) is 0 Å². The molecule has 0 radical (unpaired) electrons. The van der Waals surface area contributed by atoms with Gasteiger partial charge in [-0.25, -0.2) is 4.79 Å². The van der Waals surface area contributed by atoms with Crippen LogP contribution in [0.5, 0.6) is 5.75 Å². The molecule has 0 heterocycles. The van der Waals surface area contributed by atoms with Crippen LogP contribution >= 0.6 is 0 Å². The van der Waals surface area contributed by atoms with E-state index in [0.29, 0.717) is 5.56 Å². The zero-order valence-corrected chi connectivity index (χ0v) is 8.44. The molecule has 0 fully saturated rings. The van der Waals surface area contributed by atoms with Gasteiger partial charge in [0.25, 0.3) is 0 Å². The molecule has 0 saturated carbocycles. The van der Waals surface area contributed by atoms with Crippen LogP contribution in [-0.4, -0.2) is 28.6 Å². The first kappa shape index (κ1) is 13.3. The molecule has 17 heavy (non-hydrogen) atoms. The molecule has 4 nitrogen and oxygen atoms in total. The van der Waals surface area contributed by atoms with Gasteiger partial charge in [0, 0.05) is 6.42 Å². The van der Waals surface area contributed by atoms with Crippen molar-refractivity contribution in [2.45, 2.75) is 18.9 Å². The second kappa shape index (κ2) is 5.05. The summed E-state index contributed by atoms with van der Waals surface area (Å²) in [5.74, 6) is -1.79. The van der Waals surface area contributed by atoms with Crippen LogP contribution in [0.2, 0.25) is 0 Å². The Morgan fingerprint density at radius 1 is 1.29 bits per heavy atom. The third-order valence-corrected chi connectivity index (χ3v) is 1.87. The molecule has 0 aliphatic heterocycles. The van der Waals surface area contributed by atoms with Crippen LogP contribution in [0.4, 0.5) is 13.2 Å². The predicted octanol–water partition coefficient (Wildman–Crippen LogP) is 1.57. The molecule has 0 amide bonds.